The molecule has 8 heteroatoms. The third-order valence-corrected chi connectivity index (χ3v) is 6.49. The second-order valence-electron chi connectivity index (χ2n) is 6.80. The molecule has 0 saturated carbocycles. The van der Waals surface area contributed by atoms with E-state index in [-0.39, 0.29) is 17.1 Å². The number of nitrogens with zero attached hydrogens (tertiary/aromatic N) is 3. The lowest BCUT2D eigenvalue weighted by molar-refractivity contribution is -0.165. The minimum Gasteiger partial charge on any atom is -0.340 e. The number of likely N-dealkylation sites (tertiary alicyclic amines) is 2. The molecule has 6 nitrogen and oxygen atoms in total. The van der Waals surface area contributed by atoms with Gasteiger partial charge in [0.15, 0.2) is 0 Å². The number of rotatable bonds is 5. The molecule has 1 unspecified atom stereocenters. The second kappa shape index (κ2) is 6.14. The first-order valence-electron chi connectivity index (χ1n) is 7.88. The van der Waals surface area contributed by atoms with E-state index in [0.717, 1.165) is 37.5 Å². The normalized spacial score (nSPS) is 25.8. The van der Waals surface area contributed by atoms with Gasteiger partial charge in [-0.1, -0.05) is 0 Å². The van der Waals surface area contributed by atoms with Crippen LogP contribution in [-0.4, -0.2) is 67.3 Å². The Labute approximate surface area is 141 Å². The standard InChI is InChI=1S/C15H23N3O3S2/c1-12-16-8-13(22-12)9-17-5-3-4-15(10-17)11-18(14(15)19)6-7-23(2,20)21/h8H,3-7,9-11H2,1-2H3. The van der Waals surface area contributed by atoms with E-state index in [9.17, 15) is 13.2 Å². The van der Waals surface area contributed by atoms with E-state index >= 15 is 0 Å². The van der Waals surface area contributed by atoms with Crippen LogP contribution in [0.1, 0.15) is 22.7 Å². The molecule has 0 aliphatic carbocycles. The summed E-state index contributed by atoms with van der Waals surface area (Å²) in [5.41, 5.74) is -0.282. The van der Waals surface area contributed by atoms with Gasteiger partial charge >= 0.3 is 0 Å². The molecule has 2 fully saturated rings. The first kappa shape index (κ1) is 16.9. The Bertz CT molecular complexity index is 701. The fourth-order valence-electron chi connectivity index (χ4n) is 3.57. The highest BCUT2D eigenvalue weighted by molar-refractivity contribution is 7.90. The molecule has 1 amide bonds. The van der Waals surface area contributed by atoms with Crippen molar-refractivity contribution in [1.82, 2.24) is 14.8 Å². The van der Waals surface area contributed by atoms with Gasteiger partial charge in [0.05, 0.1) is 16.2 Å². The van der Waals surface area contributed by atoms with Crippen LogP contribution in [0.5, 0.6) is 0 Å². The number of aryl methyl sites for hydroxylation is 1. The van der Waals surface area contributed by atoms with Crippen LogP contribution in [0.4, 0.5) is 0 Å². The molecule has 0 radical (unpaired) electrons. The van der Waals surface area contributed by atoms with Crippen LogP contribution in [-0.2, 0) is 21.2 Å². The van der Waals surface area contributed by atoms with Crippen molar-refractivity contribution in [3.8, 4) is 0 Å². The van der Waals surface area contributed by atoms with Gasteiger partial charge in [0, 0.05) is 43.5 Å². The molecule has 1 aromatic heterocycles. The first-order valence-corrected chi connectivity index (χ1v) is 10.8. The molecule has 0 aromatic carbocycles. The lowest BCUT2D eigenvalue weighted by Crippen LogP contribution is -2.67. The summed E-state index contributed by atoms with van der Waals surface area (Å²) >= 11 is 1.70. The van der Waals surface area contributed by atoms with E-state index in [1.54, 1.807) is 16.2 Å². The van der Waals surface area contributed by atoms with Gasteiger partial charge < -0.3 is 4.90 Å². The lowest BCUT2D eigenvalue weighted by atomic mass is 9.72. The number of carbonyl (C=O) groups excluding carboxylic acids is 1. The maximum Gasteiger partial charge on any atom is 0.231 e. The minimum absolute atomic E-state index is 0.0542. The summed E-state index contributed by atoms with van der Waals surface area (Å²) in [6, 6.07) is 0. The van der Waals surface area contributed by atoms with Crippen molar-refractivity contribution in [3.05, 3.63) is 16.1 Å². The molecule has 1 aromatic rings. The van der Waals surface area contributed by atoms with E-state index in [1.807, 2.05) is 13.1 Å². The summed E-state index contributed by atoms with van der Waals surface area (Å²) < 4.78 is 22.5. The number of thiazole rings is 1. The Hall–Kier alpha value is -0.990. The molecular weight excluding hydrogens is 334 g/mol. The van der Waals surface area contributed by atoms with Gasteiger partial charge in [-0.2, -0.15) is 0 Å². The van der Waals surface area contributed by atoms with Crippen LogP contribution in [0, 0.1) is 12.3 Å². The van der Waals surface area contributed by atoms with Gasteiger partial charge in [-0.15, -0.1) is 11.3 Å². The highest BCUT2D eigenvalue weighted by Crippen LogP contribution is 2.40. The quantitative estimate of drug-likeness (QED) is 0.733. The van der Waals surface area contributed by atoms with Gasteiger partial charge in [0.1, 0.15) is 9.84 Å². The number of sulfone groups is 1. The number of β-lactam (4-membered cyclic amide) rings is 1. The smallest absolute Gasteiger partial charge is 0.231 e. The molecule has 1 atom stereocenters. The van der Waals surface area contributed by atoms with E-state index in [1.165, 1.54) is 11.1 Å². The van der Waals surface area contributed by atoms with Crippen LogP contribution < -0.4 is 0 Å². The number of carbonyl (C=O) groups is 1. The average Bonchev–Trinajstić information content (AvgIpc) is 2.87. The summed E-state index contributed by atoms with van der Waals surface area (Å²) in [6.45, 7) is 5.66. The highest BCUT2D eigenvalue weighted by Gasteiger charge is 2.53. The van der Waals surface area contributed by atoms with Gasteiger partial charge in [-0.3, -0.25) is 9.69 Å². The monoisotopic (exact) mass is 357 g/mol. The van der Waals surface area contributed by atoms with E-state index in [0.29, 0.717) is 13.1 Å². The maximum atomic E-state index is 12.6. The molecule has 1 spiro atoms. The van der Waals surface area contributed by atoms with Crippen molar-refractivity contribution < 1.29 is 13.2 Å². The lowest BCUT2D eigenvalue weighted by Gasteiger charge is -2.53. The molecule has 2 saturated heterocycles. The zero-order valence-electron chi connectivity index (χ0n) is 13.6. The molecule has 128 valence electrons. The topological polar surface area (TPSA) is 70.6 Å². The Balaban J connectivity index is 1.57. The highest BCUT2D eigenvalue weighted by atomic mass is 32.2. The third-order valence-electron chi connectivity index (χ3n) is 4.67. The van der Waals surface area contributed by atoms with Crippen molar-refractivity contribution >= 4 is 27.1 Å². The number of piperidine rings is 1. The Morgan fingerprint density at radius 2 is 2.17 bits per heavy atom. The predicted octanol–water partition coefficient (Wildman–Crippen LogP) is 0.921. The van der Waals surface area contributed by atoms with Crippen LogP contribution >= 0.6 is 11.3 Å². The summed E-state index contributed by atoms with van der Waals surface area (Å²) in [5.74, 6) is 0.185. The van der Waals surface area contributed by atoms with Crippen LogP contribution in [0.25, 0.3) is 0 Å². The Kier molecular flexibility index (Phi) is 4.50. The summed E-state index contributed by atoms with van der Waals surface area (Å²) in [6.07, 6.45) is 5.07. The molecule has 0 bridgehead atoms. The number of amides is 1. The molecular formula is C15H23N3O3S2. The van der Waals surface area contributed by atoms with Gasteiger partial charge in [0.25, 0.3) is 0 Å². The molecule has 0 N–H and O–H groups in total. The van der Waals surface area contributed by atoms with Gasteiger partial charge in [-0.05, 0) is 26.3 Å². The SMILES string of the molecule is Cc1ncc(CN2CCCC3(C2)CN(CCS(C)(=O)=O)C3=O)s1. The van der Waals surface area contributed by atoms with Crippen molar-refractivity contribution in [2.75, 3.05) is 38.2 Å². The van der Waals surface area contributed by atoms with Crippen molar-refractivity contribution in [2.45, 2.75) is 26.3 Å². The van der Waals surface area contributed by atoms with E-state index < -0.39 is 9.84 Å². The largest absolute Gasteiger partial charge is 0.340 e. The first-order chi connectivity index (χ1) is 10.8. The molecule has 2 aliphatic rings. The van der Waals surface area contributed by atoms with Crippen LogP contribution in [0.3, 0.4) is 0 Å². The zero-order chi connectivity index (χ0) is 16.7. The number of hydrogen-bond acceptors (Lipinski definition) is 6. The van der Waals surface area contributed by atoms with Crippen molar-refractivity contribution in [2.24, 2.45) is 5.41 Å². The van der Waals surface area contributed by atoms with E-state index in [4.69, 9.17) is 0 Å². The summed E-state index contributed by atoms with van der Waals surface area (Å²) in [5, 5.41) is 1.07. The van der Waals surface area contributed by atoms with Crippen molar-refractivity contribution in [3.63, 3.8) is 0 Å². The van der Waals surface area contributed by atoms with Crippen LogP contribution in [0.2, 0.25) is 0 Å². The number of hydrogen-bond donors (Lipinski definition) is 0. The Morgan fingerprint density at radius 1 is 1.39 bits per heavy atom. The van der Waals surface area contributed by atoms with Gasteiger partial charge in [0.2, 0.25) is 5.91 Å². The maximum absolute atomic E-state index is 12.6. The molecule has 2 aliphatic heterocycles. The molecule has 23 heavy (non-hydrogen) atoms. The van der Waals surface area contributed by atoms with E-state index in [2.05, 4.69) is 9.88 Å². The predicted molar refractivity (Wildman–Crippen MR) is 90.1 cm³/mol. The number of aromatic nitrogens is 1. The minimum atomic E-state index is -3.02. The third kappa shape index (κ3) is 3.75. The summed E-state index contributed by atoms with van der Waals surface area (Å²) in [7, 11) is -3.02. The van der Waals surface area contributed by atoms with Crippen LogP contribution in [0.15, 0.2) is 6.20 Å². The molecule has 3 heterocycles. The second-order valence-corrected chi connectivity index (χ2v) is 10.4. The zero-order valence-corrected chi connectivity index (χ0v) is 15.3. The summed E-state index contributed by atoms with van der Waals surface area (Å²) in [4.78, 5) is 22.1. The fraction of sp³-hybridized carbons (Fsp3) is 0.733. The average molecular weight is 358 g/mol. The molecule has 3 rings (SSSR count). The van der Waals surface area contributed by atoms with Gasteiger partial charge in [-0.25, -0.2) is 13.4 Å². The van der Waals surface area contributed by atoms with Crippen molar-refractivity contribution in [1.29, 1.82) is 0 Å². The fourth-order valence-corrected chi connectivity index (χ4v) is 4.96. The Morgan fingerprint density at radius 3 is 2.78 bits per heavy atom.